The second-order valence-electron chi connectivity index (χ2n) is 6.18. The number of ether oxygens (including phenoxy) is 1. The molecule has 0 bridgehead atoms. The maximum atomic E-state index is 12.5. The van der Waals surface area contributed by atoms with E-state index in [1.807, 2.05) is 19.1 Å². The summed E-state index contributed by atoms with van der Waals surface area (Å²) in [5, 5.41) is 8.64. The molecule has 2 unspecified atom stereocenters. The third kappa shape index (κ3) is 3.69. The molecule has 0 fully saturated rings. The number of imidazole rings is 1. The first-order valence-electron chi connectivity index (χ1n) is 8.23. The van der Waals surface area contributed by atoms with Crippen LogP contribution in [0, 0.1) is 8.99 Å². The van der Waals surface area contributed by atoms with Gasteiger partial charge in [0.25, 0.3) is 0 Å². The van der Waals surface area contributed by atoms with Gasteiger partial charge < -0.3 is 14.4 Å². The molecule has 1 aromatic carbocycles. The van der Waals surface area contributed by atoms with Crippen molar-refractivity contribution < 1.29 is 14.6 Å². The third-order valence-electron chi connectivity index (χ3n) is 4.56. The second kappa shape index (κ2) is 7.97. The maximum Gasteiger partial charge on any atom is 0.321 e. The number of aromatic nitrogens is 2. The second-order valence-corrected chi connectivity index (χ2v) is 8.81. The molecule has 0 radical (unpaired) electrons. The van der Waals surface area contributed by atoms with Crippen LogP contribution < -0.4 is 4.74 Å². The summed E-state index contributed by atoms with van der Waals surface area (Å²) in [6, 6.07) is 7.35. The molecule has 2 aromatic rings. The fourth-order valence-electron chi connectivity index (χ4n) is 3.16. The monoisotopic (exact) mass is 562 g/mol. The first-order chi connectivity index (χ1) is 12.8. The van der Waals surface area contributed by atoms with Gasteiger partial charge in [0.2, 0.25) is 5.06 Å². The van der Waals surface area contributed by atoms with Crippen LogP contribution in [-0.2, 0) is 11.3 Å². The Bertz CT molecular complexity index is 898. The van der Waals surface area contributed by atoms with Crippen molar-refractivity contribution in [3.05, 3.63) is 68.8 Å². The van der Waals surface area contributed by atoms with Crippen molar-refractivity contribution >= 4 is 56.1 Å². The number of hydrogen-bond donors (Lipinski definition) is 1. The smallest absolute Gasteiger partial charge is 0.321 e. The molecule has 1 aliphatic carbocycles. The van der Waals surface area contributed by atoms with E-state index in [0.717, 1.165) is 8.05 Å². The van der Waals surface area contributed by atoms with Gasteiger partial charge in [0, 0.05) is 32.6 Å². The zero-order valence-corrected chi connectivity index (χ0v) is 18.9. The number of carboxylic acids is 1. The van der Waals surface area contributed by atoms with Gasteiger partial charge in [-0.25, -0.2) is 4.98 Å². The first kappa shape index (κ1) is 20.4. The highest BCUT2D eigenvalue weighted by Crippen LogP contribution is 2.52. The molecule has 0 saturated carbocycles. The van der Waals surface area contributed by atoms with Gasteiger partial charge in [-0.3, -0.25) is 4.79 Å². The largest absolute Gasteiger partial charge is 0.480 e. The quantitative estimate of drug-likeness (QED) is 0.388. The average molecular weight is 564 g/mol. The van der Waals surface area contributed by atoms with Crippen molar-refractivity contribution in [1.29, 1.82) is 0 Å². The Morgan fingerprint density at radius 1 is 1.41 bits per heavy atom. The van der Waals surface area contributed by atoms with Gasteiger partial charge in [-0.2, -0.15) is 0 Å². The standard InChI is InChI=1S/C19H17BrClIN2O3/c1-2-15-16(20)7-8-18(17(25)26,11-24-10-9-23-12-24)19(15,21)27-14-5-3-13(22)4-6-14/h3-10,12H,2,11H2,1H3,(H,25,26). The van der Waals surface area contributed by atoms with E-state index >= 15 is 0 Å². The summed E-state index contributed by atoms with van der Waals surface area (Å²) in [7, 11) is 0. The van der Waals surface area contributed by atoms with Crippen molar-refractivity contribution in [3.8, 4) is 5.75 Å². The lowest BCUT2D eigenvalue weighted by Crippen LogP contribution is -2.56. The highest BCUT2D eigenvalue weighted by molar-refractivity contribution is 14.1. The van der Waals surface area contributed by atoms with Crippen molar-refractivity contribution in [2.24, 2.45) is 5.41 Å². The molecule has 0 aliphatic heterocycles. The van der Waals surface area contributed by atoms with Crippen molar-refractivity contribution in [1.82, 2.24) is 9.55 Å². The van der Waals surface area contributed by atoms with E-state index in [9.17, 15) is 9.90 Å². The molecule has 142 valence electrons. The fraction of sp³-hybridized carbons (Fsp3) is 0.263. The van der Waals surface area contributed by atoms with Crippen LogP contribution in [0.4, 0.5) is 0 Å². The molecule has 3 rings (SSSR count). The van der Waals surface area contributed by atoms with Crippen LogP contribution in [0.3, 0.4) is 0 Å². The molecule has 0 saturated heterocycles. The van der Waals surface area contributed by atoms with Crippen molar-refractivity contribution in [3.63, 3.8) is 0 Å². The van der Waals surface area contributed by atoms with Gasteiger partial charge in [-0.1, -0.05) is 46.6 Å². The van der Waals surface area contributed by atoms with Gasteiger partial charge in [0.1, 0.15) is 5.75 Å². The van der Waals surface area contributed by atoms with E-state index < -0.39 is 16.4 Å². The lowest BCUT2D eigenvalue weighted by atomic mass is 9.73. The zero-order valence-electron chi connectivity index (χ0n) is 14.4. The SMILES string of the molecule is CCC1=C(Br)C=CC(Cn2ccnc2)(C(=O)O)C1(Cl)Oc1ccc(I)cc1. The Kier molecular flexibility index (Phi) is 6.02. The van der Waals surface area contributed by atoms with E-state index in [-0.39, 0.29) is 6.54 Å². The van der Waals surface area contributed by atoms with Gasteiger partial charge >= 0.3 is 5.97 Å². The third-order valence-corrected chi connectivity index (χ3v) is 6.67. The zero-order chi connectivity index (χ0) is 19.7. The molecule has 0 spiro atoms. The fourth-order valence-corrected chi connectivity index (χ4v) is 4.85. The van der Waals surface area contributed by atoms with Crippen LogP contribution in [-0.4, -0.2) is 25.7 Å². The van der Waals surface area contributed by atoms with E-state index in [0.29, 0.717) is 17.7 Å². The minimum absolute atomic E-state index is 0.0798. The summed E-state index contributed by atoms with van der Waals surface area (Å²) in [5.74, 6) is -0.567. The summed E-state index contributed by atoms with van der Waals surface area (Å²) in [5.41, 5.74) is -0.853. The molecule has 1 aromatic heterocycles. The predicted octanol–water partition coefficient (Wildman–Crippen LogP) is 5.20. The lowest BCUT2D eigenvalue weighted by molar-refractivity contribution is -0.153. The number of allylic oxidation sites excluding steroid dienone is 2. The van der Waals surface area contributed by atoms with E-state index in [2.05, 4.69) is 43.5 Å². The molecule has 1 aliphatic rings. The van der Waals surface area contributed by atoms with Crippen LogP contribution in [0.2, 0.25) is 0 Å². The number of carboxylic acid groups (broad SMARTS) is 1. The Morgan fingerprint density at radius 3 is 2.67 bits per heavy atom. The highest BCUT2D eigenvalue weighted by atomic mass is 127. The normalized spacial score (nSPS) is 24.9. The molecular weight excluding hydrogens is 546 g/mol. The van der Waals surface area contributed by atoms with E-state index in [1.54, 1.807) is 47.6 Å². The van der Waals surface area contributed by atoms with E-state index in [4.69, 9.17) is 16.3 Å². The summed E-state index contributed by atoms with van der Waals surface area (Å²) < 4.78 is 9.67. The van der Waals surface area contributed by atoms with Gasteiger partial charge in [-0.05, 0) is 53.3 Å². The lowest BCUT2D eigenvalue weighted by Gasteiger charge is -2.45. The summed E-state index contributed by atoms with van der Waals surface area (Å²) in [6.07, 6.45) is 8.74. The number of benzene rings is 1. The number of carbonyl (C=O) groups is 1. The minimum Gasteiger partial charge on any atom is -0.480 e. The summed E-state index contributed by atoms with van der Waals surface area (Å²) in [6.45, 7) is 2.00. The van der Waals surface area contributed by atoms with Crippen LogP contribution in [0.15, 0.2) is 65.2 Å². The Labute approximate surface area is 184 Å². The Balaban J connectivity index is 2.15. The average Bonchev–Trinajstić information content (AvgIpc) is 3.13. The van der Waals surface area contributed by atoms with Gasteiger partial charge in [0.05, 0.1) is 6.33 Å². The molecule has 8 heteroatoms. The minimum atomic E-state index is -1.61. The first-order valence-corrected chi connectivity index (χ1v) is 10.5. The number of rotatable bonds is 6. The Morgan fingerprint density at radius 2 is 2.11 bits per heavy atom. The predicted molar refractivity (Wildman–Crippen MR) is 116 cm³/mol. The van der Waals surface area contributed by atoms with Gasteiger partial charge in [-0.15, -0.1) is 0 Å². The maximum absolute atomic E-state index is 12.5. The van der Waals surface area contributed by atoms with Crippen LogP contribution >= 0.6 is 50.1 Å². The van der Waals surface area contributed by atoms with Crippen LogP contribution in [0.5, 0.6) is 5.75 Å². The topological polar surface area (TPSA) is 64.4 Å². The number of aliphatic carboxylic acids is 1. The Hall–Kier alpha value is -1.32. The van der Waals surface area contributed by atoms with Crippen LogP contribution in [0.1, 0.15) is 13.3 Å². The molecule has 1 N–H and O–H groups in total. The number of hydrogen-bond acceptors (Lipinski definition) is 3. The highest BCUT2D eigenvalue weighted by Gasteiger charge is 2.61. The molecule has 27 heavy (non-hydrogen) atoms. The molecule has 0 amide bonds. The summed E-state index contributed by atoms with van der Waals surface area (Å²) >= 11 is 12.8. The number of nitrogens with zero attached hydrogens (tertiary/aromatic N) is 2. The number of alkyl halides is 1. The molecule has 1 heterocycles. The molecule has 5 nitrogen and oxygen atoms in total. The van der Waals surface area contributed by atoms with Gasteiger partial charge in [0.15, 0.2) is 5.41 Å². The van der Waals surface area contributed by atoms with E-state index in [1.165, 1.54) is 0 Å². The summed E-state index contributed by atoms with van der Waals surface area (Å²) in [4.78, 5) is 16.6. The molecule has 2 atom stereocenters. The molecular formula is C19H17BrClIN2O3. The number of halogens is 3. The van der Waals surface area contributed by atoms with Crippen LogP contribution in [0.25, 0.3) is 0 Å². The van der Waals surface area contributed by atoms with Crippen molar-refractivity contribution in [2.45, 2.75) is 24.9 Å². The van der Waals surface area contributed by atoms with Crippen molar-refractivity contribution in [2.75, 3.05) is 0 Å².